The maximum Gasteiger partial charge on any atom is 0.326 e. The Labute approximate surface area is 232 Å². The van der Waals surface area contributed by atoms with Gasteiger partial charge in [-0.25, -0.2) is 9.18 Å². The molecule has 1 aromatic rings. The maximum atomic E-state index is 14.0. The lowest BCUT2D eigenvalue weighted by molar-refractivity contribution is -0.143. The van der Waals surface area contributed by atoms with Gasteiger partial charge in [0.2, 0.25) is 23.6 Å². The second kappa shape index (κ2) is 14.6. The molecule has 1 aliphatic rings. The first kappa shape index (κ1) is 31.7. The van der Waals surface area contributed by atoms with Crippen molar-refractivity contribution in [2.75, 3.05) is 6.54 Å². The number of rotatable bonds is 13. The Morgan fingerprint density at radius 2 is 1.77 bits per heavy atom. The molecule has 4 atom stereocenters. The van der Waals surface area contributed by atoms with Gasteiger partial charge in [-0.15, -0.1) is 0 Å². The molecule has 214 valence electrons. The van der Waals surface area contributed by atoms with Crippen LogP contribution in [0.25, 0.3) is 6.08 Å². The molecular weight excluding hydrogens is 531 g/mol. The van der Waals surface area contributed by atoms with E-state index >= 15 is 0 Å². The average molecular weight is 567 g/mol. The zero-order chi connectivity index (χ0) is 29.3. The highest BCUT2D eigenvalue weighted by molar-refractivity contribution is 6.30. The van der Waals surface area contributed by atoms with Crippen LogP contribution in [0.4, 0.5) is 4.39 Å². The van der Waals surface area contributed by atoms with E-state index in [0.717, 1.165) is 12.1 Å². The summed E-state index contributed by atoms with van der Waals surface area (Å²) in [6, 6.07) is 0.583. The van der Waals surface area contributed by atoms with Gasteiger partial charge in [-0.05, 0) is 49.3 Å². The number of hydrogen-bond acceptors (Lipinski definition) is 5. The molecule has 0 spiro atoms. The van der Waals surface area contributed by atoms with Gasteiger partial charge in [0, 0.05) is 29.1 Å². The second-order valence-electron chi connectivity index (χ2n) is 10.3. The molecule has 1 heterocycles. The van der Waals surface area contributed by atoms with Gasteiger partial charge >= 0.3 is 5.97 Å². The Bertz CT molecular complexity index is 1110. The van der Waals surface area contributed by atoms with Gasteiger partial charge in [0.1, 0.15) is 23.9 Å². The Kier molecular flexibility index (Phi) is 11.9. The molecule has 1 saturated heterocycles. The Morgan fingerprint density at radius 3 is 2.31 bits per heavy atom. The Morgan fingerprint density at radius 1 is 1.10 bits per heavy atom. The van der Waals surface area contributed by atoms with E-state index in [-0.39, 0.29) is 41.2 Å². The van der Waals surface area contributed by atoms with Gasteiger partial charge < -0.3 is 26.4 Å². The van der Waals surface area contributed by atoms with E-state index in [1.165, 1.54) is 18.2 Å². The van der Waals surface area contributed by atoms with Crippen molar-refractivity contribution in [1.29, 1.82) is 0 Å². The van der Waals surface area contributed by atoms with Crippen molar-refractivity contribution in [1.82, 2.24) is 21.3 Å². The summed E-state index contributed by atoms with van der Waals surface area (Å²) >= 11 is 5.74. The van der Waals surface area contributed by atoms with E-state index in [9.17, 15) is 33.5 Å². The fourth-order valence-electron chi connectivity index (χ4n) is 4.15. The summed E-state index contributed by atoms with van der Waals surface area (Å²) in [7, 11) is 0. The Balaban J connectivity index is 2.10. The van der Waals surface area contributed by atoms with Crippen LogP contribution in [0.3, 0.4) is 0 Å². The van der Waals surface area contributed by atoms with Crippen molar-refractivity contribution in [2.24, 2.45) is 17.8 Å². The van der Waals surface area contributed by atoms with Crippen LogP contribution in [-0.2, 0) is 24.0 Å². The fourth-order valence-corrected chi connectivity index (χ4v) is 4.31. The Hall–Kier alpha value is -3.47. The minimum absolute atomic E-state index is 0.0331. The summed E-state index contributed by atoms with van der Waals surface area (Å²) in [6.07, 6.45) is 2.95. The van der Waals surface area contributed by atoms with Gasteiger partial charge in [0.15, 0.2) is 0 Å². The smallest absolute Gasteiger partial charge is 0.326 e. The predicted molar refractivity (Wildman–Crippen MR) is 144 cm³/mol. The van der Waals surface area contributed by atoms with Gasteiger partial charge in [0.25, 0.3) is 0 Å². The van der Waals surface area contributed by atoms with E-state index in [1.54, 1.807) is 13.8 Å². The summed E-state index contributed by atoms with van der Waals surface area (Å²) < 4.78 is 14.0. The topological polar surface area (TPSA) is 154 Å². The van der Waals surface area contributed by atoms with Crippen LogP contribution in [0, 0.1) is 23.6 Å². The lowest BCUT2D eigenvalue weighted by Gasteiger charge is -2.27. The third kappa shape index (κ3) is 9.97. The monoisotopic (exact) mass is 566 g/mol. The van der Waals surface area contributed by atoms with Gasteiger partial charge in [-0.1, -0.05) is 45.4 Å². The summed E-state index contributed by atoms with van der Waals surface area (Å²) in [5.74, 6) is -5.06. The molecule has 1 fully saturated rings. The molecule has 39 heavy (non-hydrogen) atoms. The molecule has 0 radical (unpaired) electrons. The van der Waals surface area contributed by atoms with Crippen LogP contribution < -0.4 is 21.3 Å². The normalized spacial score (nSPS) is 17.5. The minimum Gasteiger partial charge on any atom is -0.480 e. The standard InChI is InChI=1S/C27H36ClFN4O6/c1-14(2)11-20(25(36)32-21(27(38)39)12-17-9-10-30-24(17)35)31-26(37)23(15(3)4)33-22(34)8-6-16-5-7-18(28)13-19(16)29/h5-8,13-15,17,20-21,23H,9-12H2,1-4H3,(H,30,35)(H,31,37)(H,32,36)(H,33,34)(H,38,39)/b8-6+. The first-order chi connectivity index (χ1) is 18.3. The lowest BCUT2D eigenvalue weighted by Crippen LogP contribution is -2.57. The second-order valence-corrected chi connectivity index (χ2v) is 10.8. The van der Waals surface area contributed by atoms with Crippen LogP contribution in [0.1, 0.15) is 52.5 Å². The number of amides is 4. The number of hydrogen-bond donors (Lipinski definition) is 5. The van der Waals surface area contributed by atoms with Crippen LogP contribution in [0.2, 0.25) is 5.02 Å². The lowest BCUT2D eigenvalue weighted by atomic mass is 9.97. The summed E-state index contributed by atoms with van der Waals surface area (Å²) in [5, 5.41) is 20.1. The van der Waals surface area contributed by atoms with E-state index in [2.05, 4.69) is 21.3 Å². The molecule has 4 amide bonds. The van der Waals surface area contributed by atoms with Crippen molar-refractivity contribution >= 4 is 47.3 Å². The molecule has 0 saturated carbocycles. The van der Waals surface area contributed by atoms with Gasteiger partial charge in [-0.3, -0.25) is 19.2 Å². The summed E-state index contributed by atoms with van der Waals surface area (Å²) in [4.78, 5) is 62.4. The van der Waals surface area contributed by atoms with Crippen LogP contribution in [0.15, 0.2) is 24.3 Å². The summed E-state index contributed by atoms with van der Waals surface area (Å²) in [6.45, 7) is 7.54. The van der Waals surface area contributed by atoms with Crippen molar-refractivity contribution in [3.63, 3.8) is 0 Å². The number of carboxylic acid groups (broad SMARTS) is 1. The first-order valence-corrected chi connectivity index (χ1v) is 13.2. The van der Waals surface area contributed by atoms with Gasteiger partial charge in [0.05, 0.1) is 0 Å². The molecule has 2 rings (SSSR count). The van der Waals surface area contributed by atoms with Crippen molar-refractivity contribution in [2.45, 2.75) is 65.1 Å². The first-order valence-electron chi connectivity index (χ1n) is 12.8. The molecule has 0 aliphatic carbocycles. The molecule has 4 unspecified atom stereocenters. The predicted octanol–water partition coefficient (Wildman–Crippen LogP) is 2.26. The van der Waals surface area contributed by atoms with Crippen molar-refractivity contribution in [3.8, 4) is 0 Å². The highest BCUT2D eigenvalue weighted by Gasteiger charge is 2.34. The maximum absolute atomic E-state index is 14.0. The van der Waals surface area contributed by atoms with E-state index in [0.29, 0.717) is 13.0 Å². The van der Waals surface area contributed by atoms with Crippen LogP contribution in [0.5, 0.6) is 0 Å². The highest BCUT2D eigenvalue weighted by Crippen LogP contribution is 2.18. The molecule has 0 aromatic heterocycles. The molecule has 5 N–H and O–H groups in total. The minimum atomic E-state index is -1.31. The molecule has 0 bridgehead atoms. The average Bonchev–Trinajstić information content (AvgIpc) is 3.24. The van der Waals surface area contributed by atoms with Gasteiger partial charge in [-0.2, -0.15) is 0 Å². The third-order valence-corrected chi connectivity index (χ3v) is 6.50. The van der Waals surface area contributed by atoms with Crippen LogP contribution in [-0.4, -0.2) is 59.4 Å². The molecular formula is C27H36ClFN4O6. The fraction of sp³-hybridized carbons (Fsp3) is 0.519. The number of carbonyl (C=O) groups excluding carboxylic acids is 4. The van der Waals surface area contributed by atoms with Crippen molar-refractivity contribution < 1.29 is 33.5 Å². The number of carbonyl (C=O) groups is 5. The molecule has 1 aromatic carbocycles. The zero-order valence-corrected chi connectivity index (χ0v) is 23.2. The number of nitrogens with one attached hydrogen (secondary N) is 4. The quantitative estimate of drug-likeness (QED) is 0.231. The van der Waals surface area contributed by atoms with Crippen LogP contribution >= 0.6 is 11.6 Å². The zero-order valence-electron chi connectivity index (χ0n) is 22.4. The number of halogens is 2. The third-order valence-electron chi connectivity index (χ3n) is 6.26. The number of carboxylic acids is 1. The molecule has 10 nitrogen and oxygen atoms in total. The largest absolute Gasteiger partial charge is 0.480 e. The number of aliphatic carboxylic acids is 1. The highest BCUT2D eigenvalue weighted by atomic mass is 35.5. The SMILES string of the molecule is CC(C)CC(NC(=O)C(NC(=O)/C=C/c1ccc(Cl)cc1F)C(C)C)C(=O)NC(CC1CCNC1=O)C(=O)O. The summed E-state index contributed by atoms with van der Waals surface area (Å²) in [5.41, 5.74) is 0.136. The molecule has 12 heteroatoms. The molecule has 1 aliphatic heterocycles. The number of benzene rings is 1. The van der Waals surface area contributed by atoms with Crippen molar-refractivity contribution in [3.05, 3.63) is 40.7 Å². The van der Waals surface area contributed by atoms with E-state index in [1.807, 2.05) is 13.8 Å². The van der Waals surface area contributed by atoms with E-state index < -0.39 is 53.6 Å². The van der Waals surface area contributed by atoms with E-state index in [4.69, 9.17) is 11.6 Å².